The molecular weight excluding hydrogens is 200 g/mol. The molecule has 3 nitrogen and oxygen atoms in total. The van der Waals surface area contributed by atoms with Crippen molar-refractivity contribution >= 4 is 5.91 Å². The van der Waals surface area contributed by atoms with Crippen molar-refractivity contribution in [2.45, 2.75) is 64.0 Å². The number of hydrogen-bond donors (Lipinski definition) is 2. The highest BCUT2D eigenvalue weighted by molar-refractivity contribution is 5.86. The van der Waals surface area contributed by atoms with Gasteiger partial charge in [0.2, 0.25) is 5.91 Å². The minimum Gasteiger partial charge on any atom is -0.352 e. The third-order valence-corrected chi connectivity index (χ3v) is 4.34. The standard InChI is InChI=1S/C13H24N2O/c1-10(11-6-3-4-7-11)15-12(16)13(2)8-5-9-14-13/h10-11,14H,3-9H2,1-2H3,(H,15,16). The average molecular weight is 224 g/mol. The summed E-state index contributed by atoms with van der Waals surface area (Å²) < 4.78 is 0. The molecule has 1 saturated carbocycles. The Morgan fingerprint density at radius 1 is 1.38 bits per heavy atom. The lowest BCUT2D eigenvalue weighted by Crippen LogP contribution is -2.54. The third-order valence-electron chi connectivity index (χ3n) is 4.34. The maximum Gasteiger partial charge on any atom is 0.240 e. The van der Waals surface area contributed by atoms with Gasteiger partial charge in [-0.3, -0.25) is 4.79 Å². The highest BCUT2D eigenvalue weighted by atomic mass is 16.2. The number of rotatable bonds is 3. The molecule has 2 aliphatic rings. The molecule has 2 N–H and O–H groups in total. The highest BCUT2D eigenvalue weighted by Gasteiger charge is 2.37. The quantitative estimate of drug-likeness (QED) is 0.768. The van der Waals surface area contributed by atoms with Crippen LogP contribution in [0, 0.1) is 5.92 Å². The van der Waals surface area contributed by atoms with Gasteiger partial charge in [0.05, 0.1) is 5.54 Å². The summed E-state index contributed by atoms with van der Waals surface area (Å²) in [4.78, 5) is 12.2. The van der Waals surface area contributed by atoms with Crippen molar-refractivity contribution < 1.29 is 4.79 Å². The summed E-state index contributed by atoms with van der Waals surface area (Å²) in [5.74, 6) is 0.901. The summed E-state index contributed by atoms with van der Waals surface area (Å²) >= 11 is 0. The first-order valence-electron chi connectivity index (χ1n) is 6.68. The molecule has 16 heavy (non-hydrogen) atoms. The molecule has 1 saturated heterocycles. The molecule has 92 valence electrons. The van der Waals surface area contributed by atoms with Crippen molar-refractivity contribution in [2.24, 2.45) is 5.92 Å². The van der Waals surface area contributed by atoms with E-state index in [1.807, 2.05) is 6.92 Å². The van der Waals surface area contributed by atoms with Gasteiger partial charge in [-0.1, -0.05) is 12.8 Å². The van der Waals surface area contributed by atoms with Gasteiger partial charge in [-0.05, 0) is 52.0 Å². The number of carbonyl (C=O) groups excluding carboxylic acids is 1. The maximum atomic E-state index is 12.2. The number of hydrogen-bond acceptors (Lipinski definition) is 2. The van der Waals surface area contributed by atoms with E-state index >= 15 is 0 Å². The minimum atomic E-state index is -0.313. The molecule has 1 aliphatic carbocycles. The number of carbonyl (C=O) groups is 1. The summed E-state index contributed by atoms with van der Waals surface area (Å²) in [7, 11) is 0. The average Bonchev–Trinajstić information content (AvgIpc) is 2.88. The van der Waals surface area contributed by atoms with E-state index in [4.69, 9.17) is 0 Å². The molecule has 1 aliphatic heterocycles. The second kappa shape index (κ2) is 4.74. The van der Waals surface area contributed by atoms with E-state index in [1.165, 1.54) is 25.7 Å². The molecule has 0 aromatic carbocycles. The molecule has 2 atom stereocenters. The van der Waals surface area contributed by atoms with Crippen LogP contribution in [0.1, 0.15) is 52.4 Å². The molecule has 2 rings (SSSR count). The zero-order valence-corrected chi connectivity index (χ0v) is 10.5. The number of nitrogens with one attached hydrogen (secondary N) is 2. The van der Waals surface area contributed by atoms with E-state index in [2.05, 4.69) is 17.6 Å². The van der Waals surface area contributed by atoms with Crippen molar-refractivity contribution in [1.82, 2.24) is 10.6 Å². The Hall–Kier alpha value is -0.570. The van der Waals surface area contributed by atoms with Gasteiger partial charge in [-0.2, -0.15) is 0 Å². The van der Waals surface area contributed by atoms with Gasteiger partial charge in [-0.25, -0.2) is 0 Å². The molecule has 0 radical (unpaired) electrons. The molecular formula is C13H24N2O. The second-order valence-corrected chi connectivity index (χ2v) is 5.67. The van der Waals surface area contributed by atoms with Crippen molar-refractivity contribution in [3.63, 3.8) is 0 Å². The smallest absolute Gasteiger partial charge is 0.240 e. The van der Waals surface area contributed by atoms with Crippen molar-refractivity contribution in [3.8, 4) is 0 Å². The van der Waals surface area contributed by atoms with Crippen LogP contribution in [0.5, 0.6) is 0 Å². The lowest BCUT2D eigenvalue weighted by Gasteiger charge is -2.28. The van der Waals surface area contributed by atoms with Crippen LogP contribution < -0.4 is 10.6 Å². The molecule has 0 spiro atoms. The van der Waals surface area contributed by atoms with E-state index in [0.717, 1.165) is 19.4 Å². The van der Waals surface area contributed by atoms with E-state index in [-0.39, 0.29) is 11.4 Å². The van der Waals surface area contributed by atoms with Crippen molar-refractivity contribution in [1.29, 1.82) is 0 Å². The van der Waals surface area contributed by atoms with Crippen LogP contribution in [0.2, 0.25) is 0 Å². The normalized spacial score (nSPS) is 32.9. The zero-order chi connectivity index (χ0) is 11.6. The fraction of sp³-hybridized carbons (Fsp3) is 0.923. The lowest BCUT2D eigenvalue weighted by atomic mass is 9.95. The molecule has 2 unspecified atom stereocenters. The van der Waals surface area contributed by atoms with Crippen LogP contribution in [0.3, 0.4) is 0 Å². The summed E-state index contributed by atoms with van der Waals surface area (Å²) in [6.45, 7) is 5.16. The predicted molar refractivity (Wildman–Crippen MR) is 65.2 cm³/mol. The fourth-order valence-electron chi connectivity index (χ4n) is 3.03. The Kier molecular flexibility index (Phi) is 3.53. The Labute approximate surface area is 98.4 Å². The van der Waals surface area contributed by atoms with Crippen LogP contribution in [0.25, 0.3) is 0 Å². The van der Waals surface area contributed by atoms with Gasteiger partial charge in [0, 0.05) is 6.04 Å². The summed E-state index contributed by atoms with van der Waals surface area (Å²) in [6, 6.07) is 0.342. The first-order valence-corrected chi connectivity index (χ1v) is 6.68. The van der Waals surface area contributed by atoms with Gasteiger partial charge in [-0.15, -0.1) is 0 Å². The van der Waals surface area contributed by atoms with E-state index in [1.54, 1.807) is 0 Å². The second-order valence-electron chi connectivity index (χ2n) is 5.67. The predicted octanol–water partition coefficient (Wildman–Crippen LogP) is 1.82. The van der Waals surface area contributed by atoms with Crippen LogP contribution >= 0.6 is 0 Å². The molecule has 2 fully saturated rings. The molecule has 0 aromatic heterocycles. The van der Waals surface area contributed by atoms with Crippen LogP contribution in [-0.2, 0) is 4.79 Å². The summed E-state index contributed by atoms with van der Waals surface area (Å²) in [5, 5.41) is 6.52. The zero-order valence-electron chi connectivity index (χ0n) is 10.5. The van der Waals surface area contributed by atoms with Gasteiger partial charge in [0.15, 0.2) is 0 Å². The monoisotopic (exact) mass is 224 g/mol. The first kappa shape index (κ1) is 11.9. The largest absolute Gasteiger partial charge is 0.352 e. The van der Waals surface area contributed by atoms with Crippen molar-refractivity contribution in [3.05, 3.63) is 0 Å². The van der Waals surface area contributed by atoms with Crippen LogP contribution in [0.4, 0.5) is 0 Å². The lowest BCUT2D eigenvalue weighted by molar-refractivity contribution is -0.127. The minimum absolute atomic E-state index is 0.199. The maximum absolute atomic E-state index is 12.2. The van der Waals surface area contributed by atoms with Crippen LogP contribution in [-0.4, -0.2) is 24.0 Å². The van der Waals surface area contributed by atoms with Crippen LogP contribution in [0.15, 0.2) is 0 Å². The Balaban J connectivity index is 1.86. The highest BCUT2D eigenvalue weighted by Crippen LogP contribution is 2.28. The van der Waals surface area contributed by atoms with Gasteiger partial charge >= 0.3 is 0 Å². The third kappa shape index (κ3) is 2.40. The molecule has 0 bridgehead atoms. The topological polar surface area (TPSA) is 41.1 Å². The Bertz CT molecular complexity index is 253. The van der Waals surface area contributed by atoms with E-state index in [0.29, 0.717) is 12.0 Å². The summed E-state index contributed by atoms with van der Waals surface area (Å²) in [5.41, 5.74) is -0.313. The molecule has 1 heterocycles. The van der Waals surface area contributed by atoms with Gasteiger partial charge in [0.1, 0.15) is 0 Å². The molecule has 1 amide bonds. The van der Waals surface area contributed by atoms with E-state index in [9.17, 15) is 4.79 Å². The molecule has 3 heteroatoms. The summed E-state index contributed by atoms with van der Waals surface area (Å²) in [6.07, 6.45) is 7.32. The van der Waals surface area contributed by atoms with Gasteiger partial charge < -0.3 is 10.6 Å². The fourth-order valence-corrected chi connectivity index (χ4v) is 3.03. The van der Waals surface area contributed by atoms with E-state index < -0.39 is 0 Å². The van der Waals surface area contributed by atoms with Gasteiger partial charge in [0.25, 0.3) is 0 Å². The van der Waals surface area contributed by atoms with Crippen molar-refractivity contribution in [2.75, 3.05) is 6.54 Å². The number of amides is 1. The first-order chi connectivity index (χ1) is 7.62. The Morgan fingerprint density at radius 2 is 2.06 bits per heavy atom. The molecule has 0 aromatic rings. The SMILES string of the molecule is CC(NC(=O)C1(C)CCCN1)C1CCCC1. The Morgan fingerprint density at radius 3 is 2.62 bits per heavy atom.